The molecular weight excluding hydrogens is 248 g/mol. The zero-order valence-electron chi connectivity index (χ0n) is 11.0. The number of hydrogen-bond donors (Lipinski definition) is 1. The van der Waals surface area contributed by atoms with E-state index in [1.807, 2.05) is 0 Å². The summed E-state index contributed by atoms with van der Waals surface area (Å²) in [6.45, 7) is 2.23. The number of hydrogen-bond acceptors (Lipinski definition) is 6. The van der Waals surface area contributed by atoms with Gasteiger partial charge in [0.1, 0.15) is 0 Å². The summed E-state index contributed by atoms with van der Waals surface area (Å²) in [5.41, 5.74) is 0. The lowest BCUT2D eigenvalue weighted by Crippen LogP contribution is -2.37. The topological polar surface area (TPSA) is 80.5 Å². The molecule has 0 bridgehead atoms. The van der Waals surface area contributed by atoms with Gasteiger partial charge in [0.25, 0.3) is 11.7 Å². The summed E-state index contributed by atoms with van der Waals surface area (Å²) in [5.74, 6) is 0.443. The lowest BCUT2D eigenvalue weighted by molar-refractivity contribution is 0.0696. The van der Waals surface area contributed by atoms with E-state index in [1.165, 1.54) is 0 Å². The molecular formula is C12H18N4O3. The van der Waals surface area contributed by atoms with E-state index in [4.69, 9.17) is 9.26 Å². The quantitative estimate of drug-likeness (QED) is 0.850. The highest BCUT2D eigenvalue weighted by Crippen LogP contribution is 2.21. The Morgan fingerprint density at radius 1 is 1.47 bits per heavy atom. The van der Waals surface area contributed by atoms with Gasteiger partial charge in [-0.15, -0.1) is 0 Å². The minimum atomic E-state index is -0.205. The molecule has 2 atom stereocenters. The molecule has 0 radical (unpaired) electrons. The minimum absolute atomic E-state index is 0.0918. The van der Waals surface area contributed by atoms with Gasteiger partial charge in [-0.1, -0.05) is 5.16 Å². The first kappa shape index (κ1) is 12.6. The number of ether oxygens (including phenoxy) is 1. The third-order valence-corrected chi connectivity index (χ3v) is 3.77. The van der Waals surface area contributed by atoms with E-state index in [1.54, 1.807) is 11.9 Å². The molecule has 0 aliphatic carbocycles. The van der Waals surface area contributed by atoms with Crippen LogP contribution in [0.3, 0.4) is 0 Å². The summed E-state index contributed by atoms with van der Waals surface area (Å²) in [4.78, 5) is 18.1. The molecule has 1 aromatic rings. The number of nitrogens with zero attached hydrogens (tertiary/aromatic N) is 3. The largest absolute Gasteiger partial charge is 0.379 e. The van der Waals surface area contributed by atoms with Crippen LogP contribution in [0.4, 0.5) is 0 Å². The fraction of sp³-hybridized carbons (Fsp3) is 0.750. The Hall–Kier alpha value is -1.47. The lowest BCUT2D eigenvalue weighted by atomic mass is 10.2. The van der Waals surface area contributed by atoms with Gasteiger partial charge in [0.05, 0.1) is 18.7 Å². The van der Waals surface area contributed by atoms with Gasteiger partial charge in [-0.2, -0.15) is 4.98 Å². The van der Waals surface area contributed by atoms with E-state index in [9.17, 15) is 4.79 Å². The van der Waals surface area contributed by atoms with Gasteiger partial charge >= 0.3 is 0 Å². The molecule has 1 aromatic heterocycles. The zero-order chi connectivity index (χ0) is 13.2. The summed E-state index contributed by atoms with van der Waals surface area (Å²) >= 11 is 0. The van der Waals surface area contributed by atoms with Crippen LogP contribution in [0.25, 0.3) is 0 Å². The number of carbonyl (C=O) groups is 1. The van der Waals surface area contributed by atoms with Crippen molar-refractivity contribution >= 4 is 5.91 Å². The third-order valence-electron chi connectivity index (χ3n) is 3.77. The number of nitrogens with one attached hydrogen (secondary N) is 1. The van der Waals surface area contributed by atoms with Crippen LogP contribution >= 0.6 is 0 Å². The SMILES string of the molecule is CN(C(=O)c1noc(C2CCCN2)n1)C1CCOC1. The highest BCUT2D eigenvalue weighted by atomic mass is 16.5. The van der Waals surface area contributed by atoms with Crippen LogP contribution in [0.1, 0.15) is 41.8 Å². The maximum Gasteiger partial charge on any atom is 0.295 e. The van der Waals surface area contributed by atoms with Crippen molar-refractivity contribution in [1.29, 1.82) is 0 Å². The molecule has 0 saturated carbocycles. The fourth-order valence-corrected chi connectivity index (χ4v) is 2.51. The van der Waals surface area contributed by atoms with Gasteiger partial charge in [0, 0.05) is 13.7 Å². The molecule has 2 aliphatic rings. The van der Waals surface area contributed by atoms with Crippen LogP contribution < -0.4 is 5.32 Å². The van der Waals surface area contributed by atoms with E-state index in [-0.39, 0.29) is 23.8 Å². The first-order valence-electron chi connectivity index (χ1n) is 6.67. The Bertz CT molecular complexity index is 450. The Balaban J connectivity index is 1.69. The Labute approximate surface area is 111 Å². The molecule has 7 heteroatoms. The van der Waals surface area contributed by atoms with E-state index >= 15 is 0 Å². The number of carbonyl (C=O) groups excluding carboxylic acids is 1. The molecule has 2 fully saturated rings. The standard InChI is InChI=1S/C12H18N4O3/c1-16(8-4-6-18-7-8)12(17)10-14-11(19-15-10)9-3-2-5-13-9/h8-9,13H,2-7H2,1H3. The zero-order valence-corrected chi connectivity index (χ0v) is 11.0. The summed E-state index contributed by atoms with van der Waals surface area (Å²) in [7, 11) is 1.76. The van der Waals surface area contributed by atoms with Crippen molar-refractivity contribution in [2.45, 2.75) is 31.3 Å². The summed E-state index contributed by atoms with van der Waals surface area (Å²) in [6, 6.07) is 0.202. The Morgan fingerprint density at radius 2 is 2.37 bits per heavy atom. The van der Waals surface area contributed by atoms with Crippen LogP contribution in [0.15, 0.2) is 4.52 Å². The number of aromatic nitrogens is 2. The second kappa shape index (κ2) is 5.26. The van der Waals surface area contributed by atoms with Crippen LogP contribution in [0, 0.1) is 0 Å². The van der Waals surface area contributed by atoms with Crippen molar-refractivity contribution in [1.82, 2.24) is 20.4 Å². The fourth-order valence-electron chi connectivity index (χ4n) is 2.51. The second-order valence-corrected chi connectivity index (χ2v) is 5.04. The molecule has 0 spiro atoms. The smallest absolute Gasteiger partial charge is 0.295 e. The molecule has 104 valence electrons. The van der Waals surface area contributed by atoms with Gasteiger partial charge in [-0.05, 0) is 25.8 Å². The van der Waals surface area contributed by atoms with E-state index in [0.717, 1.165) is 25.8 Å². The predicted molar refractivity (Wildman–Crippen MR) is 65.6 cm³/mol. The molecule has 1 N–H and O–H groups in total. The van der Waals surface area contributed by atoms with E-state index in [0.29, 0.717) is 19.1 Å². The minimum Gasteiger partial charge on any atom is -0.379 e. The molecule has 3 rings (SSSR count). The second-order valence-electron chi connectivity index (χ2n) is 5.04. The first-order chi connectivity index (χ1) is 9.25. The van der Waals surface area contributed by atoms with Crippen molar-refractivity contribution in [2.75, 3.05) is 26.8 Å². The average molecular weight is 266 g/mol. The average Bonchev–Trinajstić information content (AvgIpc) is 3.16. The summed E-state index contributed by atoms with van der Waals surface area (Å²) in [6.07, 6.45) is 2.93. The summed E-state index contributed by atoms with van der Waals surface area (Å²) < 4.78 is 10.5. The van der Waals surface area contributed by atoms with Crippen LogP contribution in [0.5, 0.6) is 0 Å². The normalized spacial score (nSPS) is 26.8. The lowest BCUT2D eigenvalue weighted by Gasteiger charge is -2.21. The molecule has 19 heavy (non-hydrogen) atoms. The molecule has 2 unspecified atom stereocenters. The third kappa shape index (κ3) is 2.48. The van der Waals surface area contributed by atoms with Crippen LogP contribution in [-0.2, 0) is 4.74 Å². The number of rotatable bonds is 3. The van der Waals surface area contributed by atoms with Gasteiger partial charge in [-0.25, -0.2) is 0 Å². The molecule has 2 saturated heterocycles. The maximum absolute atomic E-state index is 12.2. The predicted octanol–water partition coefficient (Wildman–Crippen LogP) is 0.355. The number of likely N-dealkylation sites (N-methyl/N-ethyl adjacent to an activating group) is 1. The Morgan fingerprint density at radius 3 is 3.05 bits per heavy atom. The molecule has 3 heterocycles. The van der Waals surface area contributed by atoms with Crippen LogP contribution in [-0.4, -0.2) is 53.8 Å². The van der Waals surface area contributed by atoms with Crippen molar-refractivity contribution < 1.29 is 14.1 Å². The summed E-state index contributed by atoms with van der Waals surface area (Å²) in [5, 5.41) is 7.06. The van der Waals surface area contributed by atoms with Gasteiger partial charge in [0.15, 0.2) is 0 Å². The van der Waals surface area contributed by atoms with Crippen molar-refractivity contribution in [3.63, 3.8) is 0 Å². The van der Waals surface area contributed by atoms with Crippen molar-refractivity contribution in [2.24, 2.45) is 0 Å². The van der Waals surface area contributed by atoms with Crippen molar-refractivity contribution in [3.8, 4) is 0 Å². The monoisotopic (exact) mass is 266 g/mol. The van der Waals surface area contributed by atoms with E-state index in [2.05, 4.69) is 15.5 Å². The van der Waals surface area contributed by atoms with Gasteiger partial charge in [0.2, 0.25) is 5.89 Å². The van der Waals surface area contributed by atoms with Gasteiger partial charge in [-0.3, -0.25) is 4.79 Å². The van der Waals surface area contributed by atoms with Crippen molar-refractivity contribution in [3.05, 3.63) is 11.7 Å². The van der Waals surface area contributed by atoms with E-state index < -0.39 is 0 Å². The highest BCUT2D eigenvalue weighted by molar-refractivity contribution is 5.90. The number of amides is 1. The molecule has 2 aliphatic heterocycles. The Kier molecular flexibility index (Phi) is 3.48. The maximum atomic E-state index is 12.2. The molecule has 0 aromatic carbocycles. The first-order valence-corrected chi connectivity index (χ1v) is 6.67. The van der Waals surface area contributed by atoms with Gasteiger partial charge < -0.3 is 19.5 Å². The highest BCUT2D eigenvalue weighted by Gasteiger charge is 2.29. The molecule has 7 nitrogen and oxygen atoms in total. The van der Waals surface area contributed by atoms with Crippen LogP contribution in [0.2, 0.25) is 0 Å². The molecule has 1 amide bonds.